The van der Waals surface area contributed by atoms with E-state index in [0.717, 1.165) is 0 Å². The Labute approximate surface area is 91.7 Å². The average molecular weight is 257 g/mol. The van der Waals surface area contributed by atoms with Crippen LogP contribution >= 0.6 is 7.60 Å². The zero-order valence-corrected chi connectivity index (χ0v) is 9.23. The number of rotatable bonds is 3. The standard InChI is InChI=1S/C7H16NO7P/c9-4-3(1-2-16(13,14)15)8-7(12)6(11)5(4)10/h3-12H,1-2H2,(H2,13,14,15)/t3-,4-,5+,6+,7?/m1/s1. The monoisotopic (exact) mass is 257 g/mol. The van der Waals surface area contributed by atoms with Crippen LogP contribution in [0.2, 0.25) is 0 Å². The minimum atomic E-state index is -4.19. The van der Waals surface area contributed by atoms with Gasteiger partial charge in [0.1, 0.15) is 18.4 Å². The van der Waals surface area contributed by atoms with Crippen molar-refractivity contribution in [1.29, 1.82) is 0 Å². The van der Waals surface area contributed by atoms with Gasteiger partial charge in [-0.1, -0.05) is 0 Å². The first-order valence-electron chi connectivity index (χ1n) is 4.75. The summed E-state index contributed by atoms with van der Waals surface area (Å²) in [5.41, 5.74) is 0. The van der Waals surface area contributed by atoms with Crippen molar-refractivity contribution in [1.82, 2.24) is 5.32 Å². The first-order valence-corrected chi connectivity index (χ1v) is 6.55. The number of aliphatic hydroxyl groups excluding tert-OH is 4. The molecule has 1 heterocycles. The smallest absolute Gasteiger partial charge is 0.325 e. The third kappa shape index (κ3) is 3.47. The molecule has 1 fully saturated rings. The molecule has 1 aliphatic rings. The fourth-order valence-corrected chi connectivity index (χ4v) is 2.22. The summed E-state index contributed by atoms with van der Waals surface area (Å²) >= 11 is 0. The van der Waals surface area contributed by atoms with Crippen molar-refractivity contribution in [2.24, 2.45) is 0 Å². The molecule has 0 bridgehead atoms. The van der Waals surface area contributed by atoms with E-state index < -0.39 is 44.3 Å². The van der Waals surface area contributed by atoms with E-state index in [1.807, 2.05) is 0 Å². The van der Waals surface area contributed by atoms with Crippen LogP contribution in [0.1, 0.15) is 6.42 Å². The zero-order valence-electron chi connectivity index (χ0n) is 8.34. The van der Waals surface area contributed by atoms with Crippen LogP contribution in [0.3, 0.4) is 0 Å². The first-order chi connectivity index (χ1) is 7.22. The molecule has 8 nitrogen and oxygen atoms in total. The van der Waals surface area contributed by atoms with E-state index in [2.05, 4.69) is 5.32 Å². The van der Waals surface area contributed by atoms with E-state index in [4.69, 9.17) is 9.79 Å². The SMILES string of the molecule is O=P(O)(O)CC[C@H]1NC(O)[C@@H](O)[C@@H](O)[C@@H]1O. The molecule has 5 atom stereocenters. The van der Waals surface area contributed by atoms with Crippen molar-refractivity contribution < 1.29 is 34.8 Å². The molecule has 1 saturated heterocycles. The fraction of sp³-hybridized carbons (Fsp3) is 1.00. The number of hydrogen-bond acceptors (Lipinski definition) is 6. The minimum Gasteiger partial charge on any atom is -0.389 e. The van der Waals surface area contributed by atoms with Crippen LogP contribution < -0.4 is 5.32 Å². The van der Waals surface area contributed by atoms with Gasteiger partial charge in [0.25, 0.3) is 0 Å². The first kappa shape index (κ1) is 14.0. The van der Waals surface area contributed by atoms with Crippen molar-refractivity contribution in [2.75, 3.05) is 6.16 Å². The lowest BCUT2D eigenvalue weighted by Gasteiger charge is -2.39. The Morgan fingerprint density at radius 1 is 1.00 bits per heavy atom. The summed E-state index contributed by atoms with van der Waals surface area (Å²) in [6.07, 6.45) is -6.48. The van der Waals surface area contributed by atoms with E-state index in [9.17, 15) is 25.0 Å². The quantitative estimate of drug-likeness (QED) is 0.263. The van der Waals surface area contributed by atoms with Crippen molar-refractivity contribution in [3.63, 3.8) is 0 Å². The lowest BCUT2D eigenvalue weighted by molar-refractivity contribution is -0.157. The van der Waals surface area contributed by atoms with Gasteiger partial charge in [0.2, 0.25) is 0 Å². The molecule has 0 saturated carbocycles. The molecule has 0 aromatic rings. The molecule has 1 unspecified atom stereocenters. The average Bonchev–Trinajstić information content (AvgIpc) is 2.17. The van der Waals surface area contributed by atoms with Crippen LogP contribution in [0, 0.1) is 0 Å². The molecule has 96 valence electrons. The zero-order chi connectivity index (χ0) is 12.5. The molecule has 0 spiro atoms. The predicted octanol–water partition coefficient (Wildman–Crippen LogP) is -3.07. The highest BCUT2D eigenvalue weighted by atomic mass is 31.2. The lowest BCUT2D eigenvalue weighted by atomic mass is 9.93. The number of piperidine rings is 1. The Bertz CT molecular complexity index is 282. The van der Waals surface area contributed by atoms with Crippen molar-refractivity contribution >= 4 is 7.60 Å². The van der Waals surface area contributed by atoms with Crippen LogP contribution in [0.4, 0.5) is 0 Å². The Hall–Kier alpha value is -0.0500. The maximum absolute atomic E-state index is 10.6. The van der Waals surface area contributed by atoms with Crippen molar-refractivity contribution in [3.8, 4) is 0 Å². The summed E-state index contributed by atoms with van der Waals surface area (Å²) in [6.45, 7) is 0. The van der Waals surface area contributed by atoms with Crippen molar-refractivity contribution in [2.45, 2.75) is 37.0 Å². The van der Waals surface area contributed by atoms with Gasteiger partial charge in [-0.05, 0) is 6.42 Å². The Balaban J connectivity index is 2.57. The van der Waals surface area contributed by atoms with Gasteiger partial charge in [0.05, 0.1) is 12.3 Å². The van der Waals surface area contributed by atoms with Gasteiger partial charge in [-0.15, -0.1) is 0 Å². The molecule has 0 aromatic heterocycles. The summed E-state index contributed by atoms with van der Waals surface area (Å²) < 4.78 is 10.6. The molecule has 16 heavy (non-hydrogen) atoms. The highest BCUT2D eigenvalue weighted by Crippen LogP contribution is 2.36. The second kappa shape index (κ2) is 5.07. The van der Waals surface area contributed by atoms with E-state index >= 15 is 0 Å². The summed E-state index contributed by atoms with van der Waals surface area (Å²) in [7, 11) is -4.19. The van der Waals surface area contributed by atoms with Crippen LogP contribution in [0.5, 0.6) is 0 Å². The third-order valence-electron chi connectivity index (χ3n) is 2.55. The van der Waals surface area contributed by atoms with Crippen LogP contribution in [0.15, 0.2) is 0 Å². The molecular weight excluding hydrogens is 241 g/mol. The lowest BCUT2D eigenvalue weighted by Crippen LogP contribution is -2.64. The van der Waals surface area contributed by atoms with E-state index in [1.54, 1.807) is 0 Å². The van der Waals surface area contributed by atoms with E-state index in [-0.39, 0.29) is 6.42 Å². The maximum atomic E-state index is 10.6. The Morgan fingerprint density at radius 2 is 1.56 bits per heavy atom. The van der Waals surface area contributed by atoms with Gasteiger partial charge in [-0.2, -0.15) is 0 Å². The van der Waals surface area contributed by atoms with E-state index in [0.29, 0.717) is 0 Å². The summed E-state index contributed by atoms with van der Waals surface area (Å²) in [5.74, 6) is 0. The molecule has 0 radical (unpaired) electrons. The molecule has 0 aromatic carbocycles. The van der Waals surface area contributed by atoms with Gasteiger partial charge < -0.3 is 30.2 Å². The van der Waals surface area contributed by atoms with Gasteiger partial charge in [-0.25, -0.2) is 0 Å². The largest absolute Gasteiger partial charge is 0.389 e. The fourth-order valence-electron chi connectivity index (χ4n) is 1.60. The number of hydrogen-bond donors (Lipinski definition) is 7. The predicted molar refractivity (Wildman–Crippen MR) is 52.5 cm³/mol. The molecule has 0 amide bonds. The maximum Gasteiger partial charge on any atom is 0.325 e. The molecule has 0 aliphatic carbocycles. The normalized spacial score (nSPS) is 41.0. The van der Waals surface area contributed by atoms with Gasteiger partial charge in [-0.3, -0.25) is 9.88 Å². The van der Waals surface area contributed by atoms with Gasteiger partial charge in [0, 0.05) is 6.04 Å². The van der Waals surface area contributed by atoms with Crippen LogP contribution in [-0.2, 0) is 4.57 Å². The second-order valence-corrected chi connectivity index (χ2v) is 5.64. The summed E-state index contributed by atoms with van der Waals surface area (Å²) in [5, 5.41) is 39.6. The number of nitrogens with one attached hydrogen (secondary N) is 1. The number of aliphatic hydroxyl groups is 4. The molecule has 9 heteroatoms. The van der Waals surface area contributed by atoms with Crippen molar-refractivity contribution in [3.05, 3.63) is 0 Å². The Morgan fingerprint density at radius 3 is 2.06 bits per heavy atom. The second-order valence-electron chi connectivity index (χ2n) is 3.87. The van der Waals surface area contributed by atoms with Crippen LogP contribution in [0.25, 0.3) is 0 Å². The molecular formula is C7H16NO7P. The molecule has 1 aliphatic heterocycles. The summed E-state index contributed by atoms with van der Waals surface area (Å²) in [6, 6.07) is -0.874. The third-order valence-corrected chi connectivity index (χ3v) is 3.39. The van der Waals surface area contributed by atoms with Gasteiger partial charge in [0.15, 0.2) is 0 Å². The Kier molecular flexibility index (Phi) is 4.44. The topological polar surface area (TPSA) is 150 Å². The van der Waals surface area contributed by atoms with Crippen LogP contribution in [-0.4, -0.2) is 67.0 Å². The van der Waals surface area contributed by atoms with Gasteiger partial charge >= 0.3 is 7.60 Å². The highest BCUT2D eigenvalue weighted by molar-refractivity contribution is 7.51. The highest BCUT2D eigenvalue weighted by Gasteiger charge is 2.41. The summed E-state index contributed by atoms with van der Waals surface area (Å²) in [4.78, 5) is 17.3. The molecule has 1 rings (SSSR count). The molecule has 7 N–H and O–H groups in total. The van der Waals surface area contributed by atoms with E-state index in [1.165, 1.54) is 0 Å². The minimum absolute atomic E-state index is 0.119.